The van der Waals surface area contributed by atoms with Gasteiger partial charge < -0.3 is 9.47 Å². The third kappa shape index (κ3) is 6.36. The Balaban J connectivity index is 1.34. The Morgan fingerprint density at radius 1 is 0.860 bits per heavy atom. The smallest absolute Gasteiger partial charge is 0.291 e. The minimum Gasteiger partial charge on any atom is -0.494 e. The fraction of sp³-hybridized carbons (Fsp3) is 0.235. The quantitative estimate of drug-likeness (QED) is 0.173. The molecule has 218 valence electrons. The SMILES string of the molecule is CCCOc1ccc(-c2nc3sc(=Cc4cn(-c5ccccc5)nc4-c4ccc(OCCC(C)C)cc4)c(=O)n3n2)cc1. The summed E-state index contributed by atoms with van der Waals surface area (Å²) in [5.74, 6) is 2.71. The number of thiazole rings is 1. The van der Waals surface area contributed by atoms with Crippen molar-refractivity contribution in [1.82, 2.24) is 24.4 Å². The van der Waals surface area contributed by atoms with E-state index in [4.69, 9.17) is 14.6 Å². The Labute approximate surface area is 253 Å². The van der Waals surface area contributed by atoms with Crippen LogP contribution in [0.3, 0.4) is 0 Å². The number of hydrogen-bond donors (Lipinski definition) is 0. The van der Waals surface area contributed by atoms with Gasteiger partial charge in [-0.2, -0.15) is 14.6 Å². The summed E-state index contributed by atoms with van der Waals surface area (Å²) in [4.78, 5) is 18.6. The van der Waals surface area contributed by atoms with Gasteiger partial charge in [0.15, 0.2) is 5.82 Å². The summed E-state index contributed by atoms with van der Waals surface area (Å²) in [6, 6.07) is 25.5. The van der Waals surface area contributed by atoms with E-state index in [0.29, 0.717) is 34.4 Å². The molecule has 0 fully saturated rings. The van der Waals surface area contributed by atoms with E-state index < -0.39 is 0 Å². The Morgan fingerprint density at radius 3 is 2.19 bits per heavy atom. The zero-order valence-electron chi connectivity index (χ0n) is 24.4. The molecule has 0 aliphatic rings. The molecule has 3 aromatic heterocycles. The van der Waals surface area contributed by atoms with Gasteiger partial charge >= 0.3 is 0 Å². The van der Waals surface area contributed by atoms with Gasteiger partial charge in [0, 0.05) is 22.9 Å². The molecule has 8 nitrogen and oxygen atoms in total. The van der Waals surface area contributed by atoms with Crippen molar-refractivity contribution in [3.63, 3.8) is 0 Å². The predicted molar refractivity (Wildman–Crippen MR) is 171 cm³/mol. The Bertz CT molecular complexity index is 1920. The van der Waals surface area contributed by atoms with Gasteiger partial charge in [0.1, 0.15) is 17.2 Å². The average molecular weight is 592 g/mol. The zero-order chi connectivity index (χ0) is 29.8. The van der Waals surface area contributed by atoms with Crippen molar-refractivity contribution < 1.29 is 9.47 Å². The molecule has 43 heavy (non-hydrogen) atoms. The largest absolute Gasteiger partial charge is 0.494 e. The lowest BCUT2D eigenvalue weighted by Crippen LogP contribution is -2.23. The maximum atomic E-state index is 13.4. The lowest BCUT2D eigenvalue weighted by molar-refractivity contribution is 0.289. The molecular weight excluding hydrogens is 558 g/mol. The third-order valence-electron chi connectivity index (χ3n) is 6.91. The van der Waals surface area contributed by atoms with Crippen LogP contribution in [0.25, 0.3) is 39.4 Å². The van der Waals surface area contributed by atoms with Crippen molar-refractivity contribution in [3.05, 3.63) is 106 Å². The van der Waals surface area contributed by atoms with Crippen LogP contribution in [0.4, 0.5) is 0 Å². The number of rotatable bonds is 11. The van der Waals surface area contributed by atoms with Crippen molar-refractivity contribution >= 4 is 22.4 Å². The van der Waals surface area contributed by atoms with E-state index in [1.165, 1.54) is 15.9 Å². The normalized spacial score (nSPS) is 12.0. The Kier molecular flexibility index (Phi) is 8.33. The van der Waals surface area contributed by atoms with Gasteiger partial charge in [-0.15, -0.1) is 5.10 Å². The zero-order valence-corrected chi connectivity index (χ0v) is 25.3. The molecule has 0 amide bonds. The second-order valence-corrected chi connectivity index (χ2v) is 11.7. The van der Waals surface area contributed by atoms with E-state index in [1.807, 2.05) is 95.8 Å². The summed E-state index contributed by atoms with van der Waals surface area (Å²) in [5.41, 5.74) is 4.06. The van der Waals surface area contributed by atoms with Crippen LogP contribution in [-0.4, -0.2) is 37.6 Å². The molecule has 0 atom stereocenters. The number of ether oxygens (including phenoxy) is 2. The molecule has 3 aromatic carbocycles. The maximum Gasteiger partial charge on any atom is 0.291 e. The number of aromatic nitrogens is 5. The second kappa shape index (κ2) is 12.6. The molecule has 9 heteroatoms. The van der Waals surface area contributed by atoms with Gasteiger partial charge in [-0.25, -0.2) is 4.68 Å². The van der Waals surface area contributed by atoms with E-state index in [9.17, 15) is 4.79 Å². The van der Waals surface area contributed by atoms with E-state index in [2.05, 4.69) is 30.9 Å². The summed E-state index contributed by atoms with van der Waals surface area (Å²) in [6.07, 6.45) is 5.76. The lowest BCUT2D eigenvalue weighted by Gasteiger charge is -2.08. The van der Waals surface area contributed by atoms with Gasteiger partial charge in [0.2, 0.25) is 4.96 Å². The first kappa shape index (κ1) is 28.4. The number of nitrogens with zero attached hydrogens (tertiary/aromatic N) is 5. The van der Waals surface area contributed by atoms with Crippen molar-refractivity contribution in [2.75, 3.05) is 13.2 Å². The first-order valence-corrected chi connectivity index (χ1v) is 15.3. The van der Waals surface area contributed by atoms with Crippen molar-refractivity contribution in [2.45, 2.75) is 33.6 Å². The third-order valence-corrected chi connectivity index (χ3v) is 7.87. The number of benzene rings is 3. The van der Waals surface area contributed by atoms with E-state index >= 15 is 0 Å². The van der Waals surface area contributed by atoms with Crippen LogP contribution < -0.4 is 19.6 Å². The summed E-state index contributed by atoms with van der Waals surface area (Å²) in [7, 11) is 0. The Morgan fingerprint density at radius 2 is 1.53 bits per heavy atom. The molecule has 0 saturated carbocycles. The van der Waals surface area contributed by atoms with Gasteiger partial charge in [0.05, 0.1) is 23.4 Å². The molecular formula is C34H33N5O3S. The van der Waals surface area contributed by atoms with Gasteiger partial charge in [-0.3, -0.25) is 4.79 Å². The van der Waals surface area contributed by atoms with Crippen LogP contribution in [0.15, 0.2) is 89.9 Å². The molecule has 3 heterocycles. The van der Waals surface area contributed by atoms with Crippen LogP contribution in [-0.2, 0) is 0 Å². The summed E-state index contributed by atoms with van der Waals surface area (Å²) >= 11 is 1.31. The molecule has 0 bridgehead atoms. The van der Waals surface area contributed by atoms with Crippen LogP contribution >= 0.6 is 11.3 Å². The van der Waals surface area contributed by atoms with Gasteiger partial charge in [-0.1, -0.05) is 50.3 Å². The van der Waals surface area contributed by atoms with Crippen LogP contribution in [0, 0.1) is 5.92 Å². The van der Waals surface area contributed by atoms with Gasteiger partial charge in [-0.05, 0) is 85.5 Å². The maximum absolute atomic E-state index is 13.4. The van der Waals surface area contributed by atoms with Crippen molar-refractivity contribution in [3.8, 4) is 39.8 Å². The van der Waals surface area contributed by atoms with Crippen molar-refractivity contribution in [2.24, 2.45) is 5.92 Å². The van der Waals surface area contributed by atoms with E-state index in [0.717, 1.165) is 52.4 Å². The fourth-order valence-corrected chi connectivity index (χ4v) is 5.47. The van der Waals surface area contributed by atoms with Crippen molar-refractivity contribution in [1.29, 1.82) is 0 Å². The highest BCUT2D eigenvalue weighted by atomic mass is 32.1. The first-order valence-electron chi connectivity index (χ1n) is 14.5. The second-order valence-electron chi connectivity index (χ2n) is 10.7. The lowest BCUT2D eigenvalue weighted by atomic mass is 10.1. The molecule has 0 N–H and O–H groups in total. The highest BCUT2D eigenvalue weighted by Gasteiger charge is 2.15. The van der Waals surface area contributed by atoms with Crippen LogP contribution in [0.5, 0.6) is 11.5 Å². The summed E-state index contributed by atoms with van der Waals surface area (Å²) in [5, 5.41) is 9.43. The Hall–Kier alpha value is -4.76. The predicted octanol–water partition coefficient (Wildman–Crippen LogP) is 6.43. The summed E-state index contributed by atoms with van der Waals surface area (Å²) in [6.45, 7) is 7.79. The number of fused-ring (bicyclic) bond motifs is 1. The number of hydrogen-bond acceptors (Lipinski definition) is 7. The molecule has 0 spiro atoms. The minimum atomic E-state index is -0.214. The fourth-order valence-electron chi connectivity index (χ4n) is 4.57. The van der Waals surface area contributed by atoms with Crippen LogP contribution in [0.2, 0.25) is 0 Å². The molecule has 0 aliphatic heterocycles. The summed E-state index contributed by atoms with van der Waals surface area (Å²) < 4.78 is 15.3. The highest BCUT2D eigenvalue weighted by molar-refractivity contribution is 7.15. The minimum absolute atomic E-state index is 0.214. The van der Waals surface area contributed by atoms with Gasteiger partial charge in [0.25, 0.3) is 5.56 Å². The standard InChI is InChI=1S/C34H33N5O3S/c1-4-19-41-28-16-12-25(13-17-28)32-35-34-39(37-32)33(40)30(43-34)21-26-22-38(27-8-6-5-7-9-27)36-31(26)24-10-14-29(15-11-24)42-20-18-23(2)3/h5-17,21-23H,4,18-20H2,1-3H3. The molecule has 0 saturated heterocycles. The molecule has 0 aliphatic carbocycles. The monoisotopic (exact) mass is 591 g/mol. The first-order chi connectivity index (χ1) is 21.0. The molecule has 6 aromatic rings. The van der Waals surface area contributed by atoms with E-state index in [1.54, 1.807) is 0 Å². The van der Waals surface area contributed by atoms with Crippen LogP contribution in [0.1, 0.15) is 39.2 Å². The number of para-hydroxylation sites is 1. The van der Waals surface area contributed by atoms with E-state index in [-0.39, 0.29) is 5.56 Å². The molecule has 6 rings (SSSR count). The highest BCUT2D eigenvalue weighted by Crippen LogP contribution is 2.27. The average Bonchev–Trinajstić information content (AvgIpc) is 3.72. The molecule has 0 unspecified atom stereocenters. The molecule has 0 radical (unpaired) electrons. The topological polar surface area (TPSA) is 83.5 Å².